The van der Waals surface area contributed by atoms with E-state index in [2.05, 4.69) is 23.2 Å². The zero-order chi connectivity index (χ0) is 14.5. The predicted octanol–water partition coefficient (Wildman–Crippen LogP) is 3.73. The maximum atomic E-state index is 12.3. The Bertz CT molecular complexity index is 616. The summed E-state index contributed by atoms with van der Waals surface area (Å²) in [7, 11) is 0. The lowest BCUT2D eigenvalue weighted by molar-refractivity contribution is -0.128. The third kappa shape index (κ3) is 3.56. The highest BCUT2D eigenvalue weighted by atomic mass is 32.2. The first-order valence-corrected chi connectivity index (χ1v) is 8.57. The molecular formula is C17H20N2OS. The van der Waals surface area contributed by atoms with Crippen molar-refractivity contribution >= 4 is 28.6 Å². The van der Waals surface area contributed by atoms with E-state index in [-0.39, 0.29) is 5.91 Å². The van der Waals surface area contributed by atoms with Crippen molar-refractivity contribution < 1.29 is 4.79 Å². The van der Waals surface area contributed by atoms with Crippen LogP contribution < -0.4 is 0 Å². The van der Waals surface area contributed by atoms with Gasteiger partial charge in [0.2, 0.25) is 5.91 Å². The van der Waals surface area contributed by atoms with Crippen LogP contribution in [0.3, 0.4) is 0 Å². The number of carbonyl (C=O) groups is 1. The van der Waals surface area contributed by atoms with Crippen molar-refractivity contribution in [3.8, 4) is 0 Å². The van der Waals surface area contributed by atoms with Gasteiger partial charge < -0.3 is 4.90 Å². The van der Waals surface area contributed by atoms with E-state index in [0.717, 1.165) is 41.7 Å². The molecule has 0 radical (unpaired) electrons. The Balaban J connectivity index is 1.67. The van der Waals surface area contributed by atoms with E-state index in [1.165, 1.54) is 12.8 Å². The molecule has 0 saturated carbocycles. The van der Waals surface area contributed by atoms with Crippen LogP contribution in [-0.2, 0) is 4.79 Å². The molecule has 1 fully saturated rings. The molecule has 1 aromatic carbocycles. The van der Waals surface area contributed by atoms with Crippen molar-refractivity contribution in [2.24, 2.45) is 0 Å². The summed E-state index contributed by atoms with van der Waals surface area (Å²) in [6, 6.07) is 10.1. The van der Waals surface area contributed by atoms with E-state index < -0.39 is 0 Å². The zero-order valence-corrected chi connectivity index (χ0v) is 12.9. The summed E-state index contributed by atoms with van der Waals surface area (Å²) in [6.45, 7) is 1.85. The molecule has 0 N–H and O–H groups in total. The Morgan fingerprint density at radius 3 is 2.67 bits per heavy atom. The molecule has 0 unspecified atom stereocenters. The van der Waals surface area contributed by atoms with Gasteiger partial charge in [0.15, 0.2) is 0 Å². The Hall–Kier alpha value is -1.55. The lowest BCUT2D eigenvalue weighted by Gasteiger charge is -2.20. The van der Waals surface area contributed by atoms with Gasteiger partial charge in [0.05, 0.1) is 11.3 Å². The van der Waals surface area contributed by atoms with Crippen molar-refractivity contribution in [2.45, 2.75) is 30.6 Å². The number of pyridine rings is 1. The molecule has 4 heteroatoms. The zero-order valence-electron chi connectivity index (χ0n) is 12.1. The van der Waals surface area contributed by atoms with Crippen molar-refractivity contribution in [1.29, 1.82) is 0 Å². The van der Waals surface area contributed by atoms with Gasteiger partial charge >= 0.3 is 0 Å². The quantitative estimate of drug-likeness (QED) is 0.810. The Kier molecular flexibility index (Phi) is 4.76. The highest BCUT2D eigenvalue weighted by molar-refractivity contribution is 8.00. The monoisotopic (exact) mass is 300 g/mol. The molecule has 0 bridgehead atoms. The molecule has 1 aliphatic heterocycles. The molecule has 1 aromatic heterocycles. The van der Waals surface area contributed by atoms with Gasteiger partial charge in [-0.2, -0.15) is 0 Å². The van der Waals surface area contributed by atoms with Gasteiger partial charge in [0, 0.05) is 29.6 Å². The molecule has 21 heavy (non-hydrogen) atoms. The summed E-state index contributed by atoms with van der Waals surface area (Å²) in [5.74, 6) is 0.769. The molecular weight excluding hydrogens is 280 g/mol. The number of nitrogens with zero attached hydrogens (tertiary/aromatic N) is 2. The van der Waals surface area contributed by atoms with Crippen LogP contribution in [0.15, 0.2) is 41.4 Å². The number of para-hydroxylation sites is 1. The van der Waals surface area contributed by atoms with Crippen molar-refractivity contribution in [2.75, 3.05) is 18.8 Å². The van der Waals surface area contributed by atoms with Gasteiger partial charge in [-0.05, 0) is 25.0 Å². The number of amides is 1. The molecule has 2 heterocycles. The van der Waals surface area contributed by atoms with Gasteiger partial charge in [-0.15, -0.1) is 11.8 Å². The molecule has 1 amide bonds. The Morgan fingerprint density at radius 2 is 1.86 bits per heavy atom. The summed E-state index contributed by atoms with van der Waals surface area (Å²) in [4.78, 5) is 19.9. The van der Waals surface area contributed by atoms with Gasteiger partial charge in [0.25, 0.3) is 0 Å². The first kappa shape index (κ1) is 14.4. The molecule has 1 saturated heterocycles. The Labute approximate surface area is 129 Å². The number of fused-ring (bicyclic) bond motifs is 1. The van der Waals surface area contributed by atoms with Crippen LogP contribution >= 0.6 is 11.8 Å². The van der Waals surface area contributed by atoms with Crippen molar-refractivity contribution in [3.63, 3.8) is 0 Å². The minimum Gasteiger partial charge on any atom is -0.342 e. The first-order valence-electron chi connectivity index (χ1n) is 7.59. The lowest BCUT2D eigenvalue weighted by Crippen LogP contribution is -2.33. The highest BCUT2D eigenvalue weighted by Gasteiger charge is 2.16. The number of rotatable bonds is 3. The number of aromatic nitrogens is 1. The fourth-order valence-electron chi connectivity index (χ4n) is 2.74. The normalized spacial score (nSPS) is 15.9. The number of hydrogen-bond donors (Lipinski definition) is 0. The second kappa shape index (κ2) is 6.94. The lowest BCUT2D eigenvalue weighted by atomic mass is 10.2. The number of likely N-dealkylation sites (tertiary alicyclic amines) is 1. The molecule has 0 aliphatic carbocycles. The minimum absolute atomic E-state index is 0.259. The van der Waals surface area contributed by atoms with Crippen LogP contribution in [0.2, 0.25) is 0 Å². The molecule has 0 atom stereocenters. The van der Waals surface area contributed by atoms with E-state index in [4.69, 9.17) is 0 Å². The van der Waals surface area contributed by atoms with Gasteiger partial charge in [-0.3, -0.25) is 9.78 Å². The average molecular weight is 300 g/mol. The van der Waals surface area contributed by atoms with E-state index in [9.17, 15) is 4.79 Å². The summed E-state index contributed by atoms with van der Waals surface area (Å²) >= 11 is 1.60. The number of hydrogen-bond acceptors (Lipinski definition) is 3. The van der Waals surface area contributed by atoms with Gasteiger partial charge in [-0.25, -0.2) is 0 Å². The van der Waals surface area contributed by atoms with E-state index in [1.807, 2.05) is 23.2 Å². The largest absolute Gasteiger partial charge is 0.342 e. The topological polar surface area (TPSA) is 33.2 Å². The van der Waals surface area contributed by atoms with Crippen LogP contribution in [0.25, 0.3) is 10.9 Å². The number of carbonyl (C=O) groups excluding carboxylic acids is 1. The highest BCUT2D eigenvalue weighted by Crippen LogP contribution is 2.26. The third-order valence-electron chi connectivity index (χ3n) is 3.91. The second-order valence-electron chi connectivity index (χ2n) is 5.41. The van der Waals surface area contributed by atoms with Crippen molar-refractivity contribution in [3.05, 3.63) is 36.5 Å². The molecule has 2 aromatic rings. The SMILES string of the molecule is O=C(CSc1cccc2cccnc12)N1CCCCCC1. The fourth-order valence-corrected chi connectivity index (χ4v) is 3.69. The fraction of sp³-hybridized carbons (Fsp3) is 0.412. The van der Waals surface area contributed by atoms with Crippen LogP contribution in [0.4, 0.5) is 0 Å². The molecule has 0 spiro atoms. The predicted molar refractivity (Wildman–Crippen MR) is 87.5 cm³/mol. The molecule has 1 aliphatic rings. The number of benzene rings is 1. The average Bonchev–Trinajstić information content (AvgIpc) is 2.82. The molecule has 3 rings (SSSR count). The van der Waals surface area contributed by atoms with E-state index in [0.29, 0.717) is 5.75 Å². The van der Waals surface area contributed by atoms with E-state index >= 15 is 0 Å². The second-order valence-corrected chi connectivity index (χ2v) is 6.43. The molecule has 110 valence electrons. The van der Waals surface area contributed by atoms with Crippen LogP contribution in [0.5, 0.6) is 0 Å². The van der Waals surface area contributed by atoms with Crippen LogP contribution in [0, 0.1) is 0 Å². The standard InChI is InChI=1S/C17H20N2OS/c20-16(19-11-3-1-2-4-12-19)13-21-15-9-5-7-14-8-6-10-18-17(14)15/h5-10H,1-4,11-13H2. The van der Waals surface area contributed by atoms with Gasteiger partial charge in [0.1, 0.15) is 0 Å². The van der Waals surface area contributed by atoms with Crippen LogP contribution in [0.1, 0.15) is 25.7 Å². The Morgan fingerprint density at radius 1 is 1.10 bits per heavy atom. The van der Waals surface area contributed by atoms with Gasteiger partial charge in [-0.1, -0.05) is 31.0 Å². The maximum absolute atomic E-state index is 12.3. The number of thioether (sulfide) groups is 1. The minimum atomic E-state index is 0.259. The first-order chi connectivity index (χ1) is 10.3. The molecule has 3 nitrogen and oxygen atoms in total. The van der Waals surface area contributed by atoms with E-state index in [1.54, 1.807) is 11.8 Å². The summed E-state index contributed by atoms with van der Waals surface area (Å²) in [5.41, 5.74) is 0.994. The summed E-state index contributed by atoms with van der Waals surface area (Å²) < 4.78 is 0. The third-order valence-corrected chi connectivity index (χ3v) is 4.94. The van der Waals surface area contributed by atoms with Crippen LogP contribution in [-0.4, -0.2) is 34.6 Å². The smallest absolute Gasteiger partial charge is 0.232 e. The summed E-state index contributed by atoms with van der Waals surface area (Å²) in [5, 5.41) is 1.13. The summed E-state index contributed by atoms with van der Waals surface area (Å²) in [6.07, 6.45) is 6.61. The maximum Gasteiger partial charge on any atom is 0.232 e. The van der Waals surface area contributed by atoms with Crippen molar-refractivity contribution in [1.82, 2.24) is 9.88 Å².